The molecular weight excluding hydrogens is 253 g/mol. The van der Waals surface area contributed by atoms with E-state index in [0.717, 1.165) is 18.2 Å². The van der Waals surface area contributed by atoms with Crippen molar-refractivity contribution < 1.29 is 13.2 Å². The molecule has 0 saturated carbocycles. The number of nitrogens with one attached hydrogen (secondary N) is 1. The minimum atomic E-state index is -0.701. The smallest absolute Gasteiger partial charge is 0.146 e. The molecule has 0 spiro atoms. The molecule has 0 radical (unpaired) electrons. The molecule has 2 aromatic carbocycles. The van der Waals surface area contributed by atoms with Gasteiger partial charge in [0.25, 0.3) is 0 Å². The van der Waals surface area contributed by atoms with Crippen LogP contribution in [0.4, 0.5) is 18.9 Å². The van der Waals surface area contributed by atoms with Crippen molar-refractivity contribution in [1.82, 2.24) is 0 Å². The molecule has 0 aliphatic heterocycles. The van der Waals surface area contributed by atoms with Crippen LogP contribution in [-0.2, 0) is 0 Å². The summed E-state index contributed by atoms with van der Waals surface area (Å²) in [5.74, 6) is -1.62. The summed E-state index contributed by atoms with van der Waals surface area (Å²) in [5, 5.41) is 2.77. The Morgan fingerprint density at radius 2 is 1.74 bits per heavy atom. The fourth-order valence-corrected chi connectivity index (χ4v) is 1.81. The van der Waals surface area contributed by atoms with Gasteiger partial charge in [0.15, 0.2) is 0 Å². The second-order valence-corrected chi connectivity index (χ2v) is 4.08. The van der Waals surface area contributed by atoms with Crippen molar-refractivity contribution in [1.29, 1.82) is 0 Å². The molecule has 0 bridgehead atoms. The van der Waals surface area contributed by atoms with E-state index in [4.69, 9.17) is 5.73 Å². The lowest BCUT2D eigenvalue weighted by atomic mass is 10.1. The van der Waals surface area contributed by atoms with E-state index in [9.17, 15) is 13.2 Å². The quantitative estimate of drug-likeness (QED) is 0.891. The number of halogens is 3. The van der Waals surface area contributed by atoms with E-state index in [2.05, 4.69) is 5.32 Å². The van der Waals surface area contributed by atoms with Crippen LogP contribution in [0.25, 0.3) is 0 Å². The molecule has 0 fully saturated rings. The van der Waals surface area contributed by atoms with Gasteiger partial charge in [-0.05, 0) is 30.3 Å². The Morgan fingerprint density at radius 1 is 1.00 bits per heavy atom. The third-order valence-corrected chi connectivity index (χ3v) is 2.77. The summed E-state index contributed by atoms with van der Waals surface area (Å²) in [4.78, 5) is 0. The van der Waals surface area contributed by atoms with Crippen LogP contribution in [0.5, 0.6) is 0 Å². The van der Waals surface area contributed by atoms with E-state index in [-0.39, 0.29) is 17.8 Å². The van der Waals surface area contributed by atoms with Crippen molar-refractivity contribution in [2.24, 2.45) is 5.73 Å². The summed E-state index contributed by atoms with van der Waals surface area (Å²) < 4.78 is 40.3. The van der Waals surface area contributed by atoms with Crippen molar-refractivity contribution in [3.05, 3.63) is 65.5 Å². The van der Waals surface area contributed by atoms with Gasteiger partial charge in [-0.25, -0.2) is 13.2 Å². The summed E-state index contributed by atoms with van der Waals surface area (Å²) >= 11 is 0. The Morgan fingerprint density at radius 3 is 2.42 bits per heavy atom. The van der Waals surface area contributed by atoms with Crippen molar-refractivity contribution >= 4 is 5.69 Å². The van der Waals surface area contributed by atoms with Crippen LogP contribution in [0.2, 0.25) is 0 Å². The van der Waals surface area contributed by atoms with Crippen LogP contribution in [0.1, 0.15) is 11.6 Å². The first-order valence-corrected chi connectivity index (χ1v) is 5.78. The summed E-state index contributed by atoms with van der Waals surface area (Å²) in [6, 6.07) is 8.37. The zero-order chi connectivity index (χ0) is 13.8. The minimum absolute atomic E-state index is 0.00864. The molecule has 0 heterocycles. The van der Waals surface area contributed by atoms with Gasteiger partial charge < -0.3 is 11.1 Å². The van der Waals surface area contributed by atoms with E-state index < -0.39 is 23.5 Å². The largest absolute Gasteiger partial charge is 0.374 e. The third-order valence-electron chi connectivity index (χ3n) is 2.77. The zero-order valence-electron chi connectivity index (χ0n) is 10.0. The number of para-hydroxylation sites is 1. The van der Waals surface area contributed by atoms with Gasteiger partial charge >= 0.3 is 0 Å². The number of rotatable bonds is 4. The summed E-state index contributed by atoms with van der Waals surface area (Å²) in [6.07, 6.45) is 0. The summed E-state index contributed by atoms with van der Waals surface area (Å²) in [6.45, 7) is 0.00864. The van der Waals surface area contributed by atoms with Gasteiger partial charge in [-0.2, -0.15) is 0 Å². The van der Waals surface area contributed by atoms with Crippen LogP contribution < -0.4 is 11.1 Å². The number of benzene rings is 2. The molecule has 2 aromatic rings. The topological polar surface area (TPSA) is 38.0 Å². The van der Waals surface area contributed by atoms with Crippen LogP contribution in [-0.4, -0.2) is 6.54 Å². The minimum Gasteiger partial charge on any atom is -0.374 e. The van der Waals surface area contributed by atoms with Gasteiger partial charge in [0.1, 0.15) is 17.5 Å². The Kier molecular flexibility index (Phi) is 4.06. The molecule has 19 heavy (non-hydrogen) atoms. The van der Waals surface area contributed by atoms with Crippen molar-refractivity contribution in [2.45, 2.75) is 6.04 Å². The first kappa shape index (κ1) is 13.4. The fraction of sp³-hybridized carbons (Fsp3) is 0.143. The van der Waals surface area contributed by atoms with Gasteiger partial charge in [0.05, 0.1) is 11.7 Å². The van der Waals surface area contributed by atoms with E-state index >= 15 is 0 Å². The van der Waals surface area contributed by atoms with Crippen molar-refractivity contribution in [3.63, 3.8) is 0 Å². The van der Waals surface area contributed by atoms with Gasteiger partial charge in [-0.1, -0.05) is 12.1 Å². The lowest BCUT2D eigenvalue weighted by Gasteiger charge is -2.19. The maximum Gasteiger partial charge on any atom is 0.146 e. The Bertz CT molecular complexity index is 572. The molecule has 0 aromatic heterocycles. The van der Waals surface area contributed by atoms with Crippen LogP contribution in [0.3, 0.4) is 0 Å². The van der Waals surface area contributed by atoms with Crippen LogP contribution in [0, 0.1) is 17.5 Å². The monoisotopic (exact) mass is 266 g/mol. The Labute approximate surface area is 109 Å². The second kappa shape index (κ2) is 5.75. The number of hydrogen-bond acceptors (Lipinski definition) is 2. The lowest BCUT2D eigenvalue weighted by molar-refractivity contribution is 0.569. The zero-order valence-corrected chi connectivity index (χ0v) is 10.0. The highest BCUT2D eigenvalue weighted by molar-refractivity contribution is 5.47. The van der Waals surface area contributed by atoms with E-state index in [1.54, 1.807) is 12.1 Å². The molecule has 100 valence electrons. The van der Waals surface area contributed by atoms with Gasteiger partial charge in [0.2, 0.25) is 0 Å². The average molecular weight is 266 g/mol. The van der Waals surface area contributed by atoms with Gasteiger partial charge in [0, 0.05) is 12.1 Å². The lowest BCUT2D eigenvalue weighted by Crippen LogP contribution is -2.22. The maximum atomic E-state index is 13.7. The first-order chi connectivity index (χ1) is 9.11. The first-order valence-electron chi connectivity index (χ1n) is 5.78. The fourth-order valence-electron chi connectivity index (χ4n) is 1.81. The molecule has 2 nitrogen and oxygen atoms in total. The predicted octanol–water partition coefficient (Wildman–Crippen LogP) is 3.22. The molecule has 5 heteroatoms. The molecule has 3 N–H and O–H groups in total. The molecule has 0 amide bonds. The molecule has 1 unspecified atom stereocenters. The predicted molar refractivity (Wildman–Crippen MR) is 68.2 cm³/mol. The van der Waals surface area contributed by atoms with Crippen molar-refractivity contribution in [3.8, 4) is 0 Å². The van der Waals surface area contributed by atoms with Crippen LogP contribution >= 0.6 is 0 Å². The van der Waals surface area contributed by atoms with Crippen LogP contribution in [0.15, 0.2) is 42.5 Å². The third kappa shape index (κ3) is 3.06. The highest BCUT2D eigenvalue weighted by Crippen LogP contribution is 2.23. The SMILES string of the molecule is NCC(Nc1ccccc1F)c1cc(F)ccc1F. The van der Waals surface area contributed by atoms with E-state index in [1.165, 1.54) is 12.1 Å². The van der Waals surface area contributed by atoms with Crippen molar-refractivity contribution in [2.75, 3.05) is 11.9 Å². The maximum absolute atomic E-state index is 13.7. The number of hydrogen-bond donors (Lipinski definition) is 2. The van der Waals surface area contributed by atoms with E-state index in [0.29, 0.717) is 0 Å². The van der Waals surface area contributed by atoms with Gasteiger partial charge in [-0.3, -0.25) is 0 Å². The summed E-state index contributed by atoms with van der Waals surface area (Å²) in [5.41, 5.74) is 5.82. The van der Waals surface area contributed by atoms with E-state index in [1.807, 2.05) is 0 Å². The normalized spacial score (nSPS) is 12.2. The summed E-state index contributed by atoms with van der Waals surface area (Å²) in [7, 11) is 0. The second-order valence-electron chi connectivity index (χ2n) is 4.08. The molecule has 0 saturated heterocycles. The molecular formula is C14H13F3N2. The standard InChI is InChI=1S/C14H13F3N2/c15-9-5-6-11(16)10(7-9)14(8-18)19-13-4-2-1-3-12(13)17/h1-7,14,19H,8,18H2. The number of anilines is 1. The Hall–Kier alpha value is -2.01. The average Bonchev–Trinajstić information content (AvgIpc) is 2.41. The highest BCUT2D eigenvalue weighted by atomic mass is 19.1. The highest BCUT2D eigenvalue weighted by Gasteiger charge is 2.16. The molecule has 2 rings (SSSR count). The number of nitrogens with two attached hydrogens (primary N) is 1. The van der Waals surface area contributed by atoms with Gasteiger partial charge in [-0.15, -0.1) is 0 Å². The molecule has 0 aliphatic carbocycles. The Balaban J connectivity index is 2.30. The molecule has 1 atom stereocenters. The molecule has 0 aliphatic rings.